The highest BCUT2D eigenvalue weighted by Gasteiger charge is 2.13. The predicted octanol–water partition coefficient (Wildman–Crippen LogP) is 4.67. The number of ether oxygens (including phenoxy) is 1. The van der Waals surface area contributed by atoms with Gasteiger partial charge >= 0.3 is 0 Å². The molecule has 0 saturated heterocycles. The molecule has 0 aliphatic heterocycles. The summed E-state index contributed by atoms with van der Waals surface area (Å²) in [7, 11) is 1.57. The molecule has 128 valence electrons. The van der Waals surface area contributed by atoms with Crippen molar-refractivity contribution in [1.82, 2.24) is 4.98 Å². The van der Waals surface area contributed by atoms with Crippen LogP contribution in [0.2, 0.25) is 4.47 Å². The number of nitrogens with one attached hydrogen (secondary N) is 2. The summed E-state index contributed by atoms with van der Waals surface area (Å²) in [4.78, 5) is 17.7. The Kier molecular flexibility index (Phi) is 5.53. The van der Waals surface area contributed by atoms with Crippen LogP contribution in [-0.2, 0) is 6.54 Å². The number of para-hydroxylation sites is 3. The zero-order valence-corrected chi connectivity index (χ0v) is 15.0. The largest absolute Gasteiger partial charge is 0.495 e. The molecule has 1 aromatic heterocycles. The van der Waals surface area contributed by atoms with E-state index < -0.39 is 0 Å². The van der Waals surface area contributed by atoms with Gasteiger partial charge in [0, 0.05) is 16.8 Å². The number of hydrogen-bond acceptors (Lipinski definition) is 5. The first-order valence-corrected chi connectivity index (χ1v) is 8.74. The second-order valence-electron chi connectivity index (χ2n) is 5.13. The zero-order chi connectivity index (χ0) is 17.6. The van der Waals surface area contributed by atoms with Gasteiger partial charge in [-0.1, -0.05) is 35.9 Å². The number of rotatable bonds is 6. The van der Waals surface area contributed by atoms with Crippen LogP contribution in [0.25, 0.3) is 0 Å². The lowest BCUT2D eigenvalue weighted by Gasteiger charge is -2.13. The number of halogens is 1. The molecule has 0 aliphatic rings. The molecule has 0 atom stereocenters. The average Bonchev–Trinajstić information content (AvgIpc) is 3.06. The van der Waals surface area contributed by atoms with Crippen molar-refractivity contribution in [2.24, 2.45) is 0 Å². The van der Waals surface area contributed by atoms with Crippen LogP contribution in [0, 0.1) is 0 Å². The Hall–Kier alpha value is -2.57. The minimum Gasteiger partial charge on any atom is -0.495 e. The van der Waals surface area contributed by atoms with Gasteiger partial charge in [0.15, 0.2) is 4.47 Å². The van der Waals surface area contributed by atoms with Crippen molar-refractivity contribution < 1.29 is 9.53 Å². The van der Waals surface area contributed by atoms with Crippen molar-refractivity contribution in [3.63, 3.8) is 0 Å². The van der Waals surface area contributed by atoms with E-state index in [1.165, 1.54) is 11.3 Å². The summed E-state index contributed by atoms with van der Waals surface area (Å²) in [6.45, 7) is 0.545. The number of thiazole rings is 1. The smallest absolute Gasteiger partial charge is 0.257 e. The molecule has 3 rings (SSSR count). The van der Waals surface area contributed by atoms with Gasteiger partial charge in [-0.25, -0.2) is 4.98 Å². The van der Waals surface area contributed by atoms with Crippen LogP contribution in [0.5, 0.6) is 5.75 Å². The van der Waals surface area contributed by atoms with Crippen LogP contribution in [0.15, 0.2) is 54.7 Å². The molecule has 1 heterocycles. The van der Waals surface area contributed by atoms with Crippen molar-refractivity contribution in [2.45, 2.75) is 6.54 Å². The summed E-state index contributed by atoms with van der Waals surface area (Å²) in [5, 5.41) is 6.14. The molecule has 0 saturated carbocycles. The first kappa shape index (κ1) is 17.3. The number of anilines is 2. The molecule has 0 fully saturated rings. The number of methoxy groups -OCH3 is 1. The Morgan fingerprint density at radius 3 is 2.60 bits per heavy atom. The monoisotopic (exact) mass is 373 g/mol. The lowest BCUT2D eigenvalue weighted by molar-refractivity contribution is 0.102. The predicted molar refractivity (Wildman–Crippen MR) is 102 cm³/mol. The van der Waals surface area contributed by atoms with Gasteiger partial charge < -0.3 is 15.4 Å². The van der Waals surface area contributed by atoms with Gasteiger partial charge in [-0.2, -0.15) is 0 Å². The van der Waals surface area contributed by atoms with Gasteiger partial charge in [0.2, 0.25) is 0 Å². The summed E-state index contributed by atoms with van der Waals surface area (Å²) < 4.78 is 5.77. The Labute approximate surface area is 154 Å². The van der Waals surface area contributed by atoms with Gasteiger partial charge in [0.05, 0.1) is 24.9 Å². The molecular formula is C18H16ClN3O2S. The highest BCUT2D eigenvalue weighted by atomic mass is 35.5. The molecule has 0 bridgehead atoms. The molecule has 0 spiro atoms. The number of carbonyl (C=O) groups excluding carboxylic acids is 1. The Balaban J connectivity index is 1.76. The summed E-state index contributed by atoms with van der Waals surface area (Å²) in [6, 6.07) is 14.6. The summed E-state index contributed by atoms with van der Waals surface area (Å²) in [6.07, 6.45) is 1.72. The first-order chi connectivity index (χ1) is 12.2. The molecule has 5 nitrogen and oxygen atoms in total. The van der Waals surface area contributed by atoms with Crippen LogP contribution in [0.1, 0.15) is 15.2 Å². The highest BCUT2D eigenvalue weighted by Crippen LogP contribution is 2.25. The molecule has 2 aromatic carbocycles. The zero-order valence-electron chi connectivity index (χ0n) is 13.5. The maximum Gasteiger partial charge on any atom is 0.257 e. The van der Waals surface area contributed by atoms with Gasteiger partial charge in [0.25, 0.3) is 5.91 Å². The second kappa shape index (κ2) is 8.00. The molecule has 0 radical (unpaired) electrons. The van der Waals surface area contributed by atoms with Crippen molar-refractivity contribution >= 4 is 40.2 Å². The number of benzene rings is 2. The lowest BCUT2D eigenvalue weighted by Crippen LogP contribution is -2.15. The Morgan fingerprint density at radius 2 is 1.88 bits per heavy atom. The number of nitrogens with zero attached hydrogens (tertiary/aromatic N) is 1. The lowest BCUT2D eigenvalue weighted by atomic mass is 10.1. The third-order valence-corrected chi connectivity index (χ3v) is 4.62. The first-order valence-electron chi connectivity index (χ1n) is 7.55. The minimum atomic E-state index is -0.213. The molecule has 7 heteroatoms. The van der Waals surface area contributed by atoms with Crippen LogP contribution in [-0.4, -0.2) is 18.0 Å². The third kappa shape index (κ3) is 4.29. The van der Waals surface area contributed by atoms with E-state index in [9.17, 15) is 4.79 Å². The number of aromatic nitrogens is 1. The van der Waals surface area contributed by atoms with Gasteiger partial charge in [-0.15, -0.1) is 11.3 Å². The molecule has 1 amide bonds. The average molecular weight is 374 g/mol. The quantitative estimate of drug-likeness (QED) is 0.659. The van der Waals surface area contributed by atoms with Crippen molar-refractivity contribution in [2.75, 3.05) is 17.7 Å². The fraction of sp³-hybridized carbons (Fsp3) is 0.111. The fourth-order valence-electron chi connectivity index (χ4n) is 2.32. The van der Waals surface area contributed by atoms with E-state index in [0.717, 1.165) is 10.6 Å². The molecular weight excluding hydrogens is 358 g/mol. The van der Waals surface area contributed by atoms with Crippen molar-refractivity contribution in [3.8, 4) is 5.75 Å². The van der Waals surface area contributed by atoms with Crippen LogP contribution < -0.4 is 15.4 Å². The third-order valence-electron chi connectivity index (χ3n) is 3.51. The normalized spacial score (nSPS) is 10.3. The summed E-state index contributed by atoms with van der Waals surface area (Å²) in [5.41, 5.74) is 1.91. The van der Waals surface area contributed by atoms with Crippen LogP contribution in [0.3, 0.4) is 0 Å². The molecule has 0 aliphatic carbocycles. The van der Waals surface area contributed by atoms with Gasteiger partial charge in [-0.05, 0) is 24.3 Å². The van der Waals surface area contributed by atoms with Gasteiger partial charge in [-0.3, -0.25) is 4.79 Å². The van der Waals surface area contributed by atoms with E-state index in [1.54, 1.807) is 31.5 Å². The number of carbonyl (C=O) groups is 1. The molecule has 0 unspecified atom stereocenters. The van der Waals surface area contributed by atoms with E-state index >= 15 is 0 Å². The Morgan fingerprint density at radius 1 is 1.16 bits per heavy atom. The molecule has 3 aromatic rings. The van der Waals surface area contributed by atoms with Crippen molar-refractivity contribution in [1.29, 1.82) is 0 Å². The maximum atomic E-state index is 12.7. The topological polar surface area (TPSA) is 63.2 Å². The maximum absolute atomic E-state index is 12.7. The minimum absolute atomic E-state index is 0.213. The van der Waals surface area contributed by atoms with E-state index in [2.05, 4.69) is 15.6 Å². The fourth-order valence-corrected chi connectivity index (χ4v) is 3.24. The Bertz CT molecular complexity index is 882. The summed E-state index contributed by atoms with van der Waals surface area (Å²) >= 11 is 7.25. The van der Waals surface area contributed by atoms with E-state index in [1.807, 2.05) is 30.3 Å². The second-order valence-corrected chi connectivity index (χ2v) is 6.83. The standard InChI is InChI=1S/C18H16ClN3O2S/c1-24-16-9-5-4-8-15(16)22-17(23)13-6-2-3-7-14(13)20-10-12-11-21-18(19)25-12/h2-9,11,20H,10H2,1H3,(H,22,23). The highest BCUT2D eigenvalue weighted by molar-refractivity contribution is 7.15. The van der Waals surface area contributed by atoms with E-state index in [0.29, 0.717) is 28.0 Å². The SMILES string of the molecule is COc1ccccc1NC(=O)c1ccccc1NCc1cnc(Cl)s1. The number of hydrogen-bond donors (Lipinski definition) is 2. The van der Waals surface area contributed by atoms with Crippen LogP contribution in [0.4, 0.5) is 11.4 Å². The molecule has 25 heavy (non-hydrogen) atoms. The van der Waals surface area contributed by atoms with Crippen molar-refractivity contribution in [3.05, 3.63) is 69.6 Å². The van der Waals surface area contributed by atoms with E-state index in [-0.39, 0.29) is 5.91 Å². The molecule has 2 N–H and O–H groups in total. The van der Waals surface area contributed by atoms with E-state index in [4.69, 9.17) is 16.3 Å². The number of amides is 1. The van der Waals surface area contributed by atoms with Crippen LogP contribution >= 0.6 is 22.9 Å². The van der Waals surface area contributed by atoms with Gasteiger partial charge in [0.1, 0.15) is 5.75 Å². The summed E-state index contributed by atoms with van der Waals surface area (Å²) in [5.74, 6) is 0.399.